The van der Waals surface area contributed by atoms with Gasteiger partial charge >= 0.3 is 0 Å². The highest BCUT2D eigenvalue weighted by Gasteiger charge is 2.25. The zero-order valence-corrected chi connectivity index (χ0v) is 17.6. The van der Waals surface area contributed by atoms with Crippen LogP contribution in [0, 0.1) is 0 Å². The summed E-state index contributed by atoms with van der Waals surface area (Å²) in [5.74, 6) is 1.62. The standard InChI is InChI=1S/C24H24Cl2O2/c1-3-24(2,19-12-13-22(25)23(26)15-19)17-27-16-18-8-7-11-21(14-18)28-20-9-5-4-6-10-20/h4-15H,3,16-17H2,1-2H3. The highest BCUT2D eigenvalue weighted by molar-refractivity contribution is 6.42. The lowest BCUT2D eigenvalue weighted by atomic mass is 9.81. The molecule has 4 heteroatoms. The Balaban J connectivity index is 1.63. The van der Waals surface area contributed by atoms with E-state index in [0.717, 1.165) is 29.0 Å². The van der Waals surface area contributed by atoms with Crippen LogP contribution < -0.4 is 4.74 Å². The minimum atomic E-state index is -0.133. The first kappa shape index (κ1) is 20.7. The van der Waals surface area contributed by atoms with E-state index in [0.29, 0.717) is 23.3 Å². The summed E-state index contributed by atoms with van der Waals surface area (Å²) in [5, 5.41) is 1.14. The fourth-order valence-electron chi connectivity index (χ4n) is 2.98. The van der Waals surface area contributed by atoms with Gasteiger partial charge in [-0.3, -0.25) is 0 Å². The molecular weight excluding hydrogens is 391 g/mol. The molecule has 3 aromatic rings. The molecule has 3 rings (SSSR count). The third kappa shape index (κ3) is 5.29. The molecule has 0 N–H and O–H groups in total. The van der Waals surface area contributed by atoms with Gasteiger partial charge in [0.1, 0.15) is 11.5 Å². The summed E-state index contributed by atoms with van der Waals surface area (Å²) in [5.41, 5.74) is 2.07. The molecular formula is C24H24Cl2O2. The molecule has 28 heavy (non-hydrogen) atoms. The van der Waals surface area contributed by atoms with Crippen LogP contribution in [0.5, 0.6) is 11.5 Å². The molecule has 0 aliphatic heterocycles. The second-order valence-corrected chi connectivity index (χ2v) is 7.91. The Morgan fingerprint density at radius 2 is 1.57 bits per heavy atom. The predicted molar refractivity (Wildman–Crippen MR) is 117 cm³/mol. The van der Waals surface area contributed by atoms with Crippen LogP contribution >= 0.6 is 23.2 Å². The lowest BCUT2D eigenvalue weighted by Crippen LogP contribution is -2.27. The highest BCUT2D eigenvalue weighted by Crippen LogP contribution is 2.33. The van der Waals surface area contributed by atoms with E-state index in [4.69, 9.17) is 32.7 Å². The van der Waals surface area contributed by atoms with Crippen LogP contribution in [0.2, 0.25) is 10.0 Å². The Morgan fingerprint density at radius 3 is 2.29 bits per heavy atom. The number of ether oxygens (including phenoxy) is 2. The first-order valence-electron chi connectivity index (χ1n) is 9.35. The average Bonchev–Trinajstić information content (AvgIpc) is 2.71. The van der Waals surface area contributed by atoms with Crippen molar-refractivity contribution < 1.29 is 9.47 Å². The number of halogens is 2. The van der Waals surface area contributed by atoms with Gasteiger partial charge in [-0.25, -0.2) is 0 Å². The number of rotatable bonds is 8. The van der Waals surface area contributed by atoms with Crippen molar-refractivity contribution in [3.8, 4) is 11.5 Å². The number of para-hydroxylation sites is 1. The van der Waals surface area contributed by atoms with E-state index in [1.54, 1.807) is 0 Å². The molecule has 0 amide bonds. The monoisotopic (exact) mass is 414 g/mol. The molecule has 2 nitrogen and oxygen atoms in total. The van der Waals surface area contributed by atoms with Gasteiger partial charge < -0.3 is 9.47 Å². The zero-order chi connectivity index (χ0) is 20.0. The number of hydrogen-bond acceptors (Lipinski definition) is 2. The van der Waals surface area contributed by atoms with Crippen molar-refractivity contribution >= 4 is 23.2 Å². The van der Waals surface area contributed by atoms with Gasteiger partial charge in [-0.1, -0.05) is 73.4 Å². The lowest BCUT2D eigenvalue weighted by molar-refractivity contribution is 0.0747. The Hall–Kier alpha value is -2.00. The molecule has 0 saturated carbocycles. The van der Waals surface area contributed by atoms with Gasteiger partial charge in [-0.2, -0.15) is 0 Å². The van der Waals surface area contributed by atoms with Crippen LogP contribution in [0.15, 0.2) is 72.8 Å². The summed E-state index contributed by atoms with van der Waals surface area (Å²) in [6.45, 7) is 5.44. The third-order valence-electron chi connectivity index (χ3n) is 4.96. The number of hydrogen-bond donors (Lipinski definition) is 0. The second kappa shape index (κ2) is 9.47. The van der Waals surface area contributed by atoms with Crippen molar-refractivity contribution in [2.45, 2.75) is 32.3 Å². The molecule has 1 atom stereocenters. The Labute approximate surface area is 177 Å². The second-order valence-electron chi connectivity index (χ2n) is 7.10. The maximum atomic E-state index is 6.20. The molecule has 0 radical (unpaired) electrons. The van der Waals surface area contributed by atoms with E-state index in [-0.39, 0.29) is 5.41 Å². The summed E-state index contributed by atoms with van der Waals surface area (Å²) in [7, 11) is 0. The minimum absolute atomic E-state index is 0.133. The van der Waals surface area contributed by atoms with E-state index in [9.17, 15) is 0 Å². The van der Waals surface area contributed by atoms with E-state index >= 15 is 0 Å². The summed E-state index contributed by atoms with van der Waals surface area (Å²) < 4.78 is 12.0. The SMILES string of the molecule is CCC(C)(COCc1cccc(Oc2ccccc2)c1)c1ccc(Cl)c(Cl)c1. The number of benzene rings is 3. The average molecular weight is 415 g/mol. The predicted octanol–water partition coefficient (Wildman–Crippen LogP) is 7.67. The van der Waals surface area contributed by atoms with Crippen LogP contribution in [-0.2, 0) is 16.8 Å². The van der Waals surface area contributed by atoms with Gasteiger partial charge in [0.25, 0.3) is 0 Å². The highest BCUT2D eigenvalue weighted by atomic mass is 35.5. The quantitative estimate of drug-likeness (QED) is 0.376. The molecule has 0 aliphatic rings. The van der Waals surface area contributed by atoms with Crippen molar-refractivity contribution in [1.82, 2.24) is 0 Å². The smallest absolute Gasteiger partial charge is 0.127 e. The largest absolute Gasteiger partial charge is 0.457 e. The van der Waals surface area contributed by atoms with E-state index in [2.05, 4.69) is 13.8 Å². The summed E-state index contributed by atoms with van der Waals surface area (Å²) in [4.78, 5) is 0. The van der Waals surface area contributed by atoms with Crippen LogP contribution in [0.3, 0.4) is 0 Å². The molecule has 0 aromatic heterocycles. The van der Waals surface area contributed by atoms with E-state index < -0.39 is 0 Å². The van der Waals surface area contributed by atoms with Gasteiger partial charge in [0.15, 0.2) is 0 Å². The maximum Gasteiger partial charge on any atom is 0.127 e. The Kier molecular flexibility index (Phi) is 7.01. The van der Waals surface area contributed by atoms with Crippen molar-refractivity contribution in [2.75, 3.05) is 6.61 Å². The molecule has 1 unspecified atom stereocenters. The van der Waals surface area contributed by atoms with Gasteiger partial charge in [0, 0.05) is 5.41 Å². The van der Waals surface area contributed by atoms with Gasteiger partial charge in [0.2, 0.25) is 0 Å². The molecule has 0 saturated heterocycles. The van der Waals surface area contributed by atoms with Gasteiger partial charge in [-0.15, -0.1) is 0 Å². The zero-order valence-electron chi connectivity index (χ0n) is 16.1. The lowest BCUT2D eigenvalue weighted by Gasteiger charge is -2.29. The minimum Gasteiger partial charge on any atom is -0.457 e. The Bertz CT molecular complexity index is 911. The summed E-state index contributed by atoms with van der Waals surface area (Å²) in [6, 6.07) is 23.5. The normalized spacial score (nSPS) is 13.1. The summed E-state index contributed by atoms with van der Waals surface area (Å²) >= 11 is 12.3. The molecule has 0 spiro atoms. The van der Waals surface area contributed by atoms with Crippen molar-refractivity contribution in [1.29, 1.82) is 0 Å². The van der Waals surface area contributed by atoms with Crippen LogP contribution in [0.25, 0.3) is 0 Å². The molecule has 0 heterocycles. The van der Waals surface area contributed by atoms with E-state index in [1.165, 1.54) is 0 Å². The Morgan fingerprint density at radius 1 is 0.821 bits per heavy atom. The summed E-state index contributed by atoms with van der Waals surface area (Å²) in [6.07, 6.45) is 0.933. The van der Waals surface area contributed by atoms with Gasteiger partial charge in [0.05, 0.1) is 23.3 Å². The van der Waals surface area contributed by atoms with Crippen LogP contribution in [0.1, 0.15) is 31.4 Å². The first-order valence-corrected chi connectivity index (χ1v) is 10.1. The van der Waals surface area contributed by atoms with Crippen LogP contribution in [-0.4, -0.2) is 6.61 Å². The molecule has 146 valence electrons. The van der Waals surface area contributed by atoms with E-state index in [1.807, 2.05) is 72.8 Å². The van der Waals surface area contributed by atoms with Crippen molar-refractivity contribution in [2.24, 2.45) is 0 Å². The molecule has 3 aromatic carbocycles. The molecule has 0 fully saturated rings. The first-order chi connectivity index (χ1) is 13.5. The van der Waals surface area contributed by atoms with Gasteiger partial charge in [-0.05, 0) is 53.9 Å². The fourth-order valence-corrected chi connectivity index (χ4v) is 3.28. The molecule has 0 aliphatic carbocycles. The molecule has 0 bridgehead atoms. The maximum absolute atomic E-state index is 6.20. The third-order valence-corrected chi connectivity index (χ3v) is 5.70. The van der Waals surface area contributed by atoms with Crippen molar-refractivity contribution in [3.63, 3.8) is 0 Å². The van der Waals surface area contributed by atoms with Crippen molar-refractivity contribution in [3.05, 3.63) is 94.0 Å². The topological polar surface area (TPSA) is 18.5 Å². The fraction of sp³-hybridized carbons (Fsp3) is 0.250. The van der Waals surface area contributed by atoms with Crippen LogP contribution in [0.4, 0.5) is 0 Å².